The molecular weight excluding hydrogens is 657 g/mol. The van der Waals surface area contributed by atoms with Gasteiger partial charge in [0.2, 0.25) is 0 Å². The molecule has 3 aliphatic carbocycles. The Morgan fingerprint density at radius 3 is 1.81 bits per heavy atom. The summed E-state index contributed by atoms with van der Waals surface area (Å²) >= 11 is 1.90. The second-order valence-corrected chi connectivity index (χ2v) is 16.1. The van der Waals surface area contributed by atoms with Gasteiger partial charge in [-0.05, 0) is 132 Å². The molecule has 0 bridgehead atoms. The van der Waals surface area contributed by atoms with Crippen molar-refractivity contribution in [1.29, 1.82) is 0 Å². The van der Waals surface area contributed by atoms with Crippen LogP contribution in [0.4, 0.5) is 0 Å². The minimum absolute atomic E-state index is 0.351. The predicted octanol–water partition coefficient (Wildman–Crippen LogP) is 13.9. The number of fused-ring (bicyclic) bond motifs is 13. The molecule has 1 aliphatic heterocycles. The largest absolute Gasteiger partial charge is 0.0888 e. The van der Waals surface area contributed by atoms with Crippen molar-refractivity contribution in [3.05, 3.63) is 197 Å². The van der Waals surface area contributed by atoms with Gasteiger partial charge in [0, 0.05) is 15.2 Å². The van der Waals surface area contributed by atoms with Crippen molar-refractivity contribution in [2.75, 3.05) is 0 Å². The van der Waals surface area contributed by atoms with E-state index in [9.17, 15) is 0 Å². The molecule has 12 rings (SSSR count). The van der Waals surface area contributed by atoms with Crippen LogP contribution in [-0.2, 0) is 11.8 Å². The first-order valence-electron chi connectivity index (χ1n) is 18.8. The summed E-state index contributed by atoms with van der Waals surface area (Å²) in [6.45, 7) is 2.40. The van der Waals surface area contributed by atoms with Gasteiger partial charge < -0.3 is 0 Å². The van der Waals surface area contributed by atoms with Crippen LogP contribution in [-0.4, -0.2) is 0 Å². The Morgan fingerprint density at radius 1 is 0.472 bits per heavy atom. The monoisotopic (exact) mass is 690 g/mol. The van der Waals surface area contributed by atoms with Gasteiger partial charge in [0.05, 0.1) is 5.41 Å². The summed E-state index contributed by atoms with van der Waals surface area (Å²) in [5.41, 5.74) is 23.0. The summed E-state index contributed by atoms with van der Waals surface area (Å²) < 4.78 is 0. The lowest BCUT2D eigenvalue weighted by Gasteiger charge is -2.32. The highest BCUT2D eigenvalue weighted by Crippen LogP contribution is 2.64. The summed E-state index contributed by atoms with van der Waals surface area (Å²) in [6.07, 6.45) is 6.87. The Bertz CT molecular complexity index is 2880. The highest BCUT2D eigenvalue weighted by molar-refractivity contribution is 7.99. The molecular formula is C52H34S. The molecule has 0 aromatic heterocycles. The maximum absolute atomic E-state index is 2.44. The number of hydrogen-bond acceptors (Lipinski definition) is 1. The molecule has 1 heterocycles. The van der Waals surface area contributed by atoms with E-state index in [-0.39, 0.29) is 5.41 Å². The lowest BCUT2D eigenvalue weighted by molar-refractivity contribution is 0.787. The number of hydrogen-bond donors (Lipinski definition) is 0. The van der Waals surface area contributed by atoms with Gasteiger partial charge in [-0.2, -0.15) is 0 Å². The molecule has 8 aromatic carbocycles. The number of benzene rings is 8. The zero-order chi connectivity index (χ0) is 34.8. The molecule has 0 amide bonds. The molecule has 0 nitrogen and oxygen atoms in total. The normalized spacial score (nSPS) is 14.7. The van der Waals surface area contributed by atoms with E-state index < -0.39 is 0 Å². The zero-order valence-electron chi connectivity index (χ0n) is 29.4. The highest BCUT2D eigenvalue weighted by Gasteiger charge is 2.52. The summed E-state index contributed by atoms with van der Waals surface area (Å²) in [6, 6.07) is 57.6. The third-order valence-electron chi connectivity index (χ3n) is 12.6. The molecule has 0 radical (unpaired) electrons. The Balaban J connectivity index is 1.12. The molecule has 0 N–H and O–H groups in total. The average molecular weight is 691 g/mol. The first-order chi connectivity index (χ1) is 26.2. The van der Waals surface area contributed by atoms with Gasteiger partial charge in [0.25, 0.3) is 0 Å². The second kappa shape index (κ2) is 10.8. The Kier molecular flexibility index (Phi) is 6.06. The summed E-state index contributed by atoms with van der Waals surface area (Å²) in [7, 11) is 0. The van der Waals surface area contributed by atoms with Gasteiger partial charge in [0.15, 0.2) is 0 Å². The van der Waals surface area contributed by atoms with Crippen LogP contribution in [0, 0.1) is 6.92 Å². The lowest BCUT2D eigenvalue weighted by Crippen LogP contribution is -2.27. The van der Waals surface area contributed by atoms with Crippen LogP contribution in [0.15, 0.2) is 168 Å². The fourth-order valence-corrected chi connectivity index (χ4v) is 11.7. The molecule has 0 saturated heterocycles. The molecule has 53 heavy (non-hydrogen) atoms. The smallest absolute Gasteiger partial charge is 0.0728 e. The van der Waals surface area contributed by atoms with E-state index in [0.717, 1.165) is 12.8 Å². The van der Waals surface area contributed by atoms with Crippen LogP contribution in [0.2, 0.25) is 0 Å². The van der Waals surface area contributed by atoms with Gasteiger partial charge in [-0.25, -0.2) is 0 Å². The van der Waals surface area contributed by atoms with Crippen LogP contribution in [0.25, 0.3) is 72.5 Å². The van der Waals surface area contributed by atoms with Gasteiger partial charge in [-0.15, -0.1) is 0 Å². The maximum atomic E-state index is 2.44. The maximum Gasteiger partial charge on any atom is 0.0728 e. The number of rotatable bonds is 2. The third kappa shape index (κ3) is 3.78. The molecule has 1 heteroatoms. The van der Waals surface area contributed by atoms with Crippen LogP contribution >= 0.6 is 11.8 Å². The van der Waals surface area contributed by atoms with Crippen molar-refractivity contribution in [3.63, 3.8) is 0 Å². The molecule has 1 spiro atoms. The minimum atomic E-state index is -0.351. The summed E-state index contributed by atoms with van der Waals surface area (Å²) in [4.78, 5) is 2.68. The van der Waals surface area contributed by atoms with E-state index >= 15 is 0 Å². The first-order valence-corrected chi connectivity index (χ1v) is 19.6. The lowest BCUT2D eigenvalue weighted by atomic mass is 9.68. The van der Waals surface area contributed by atoms with Gasteiger partial charge >= 0.3 is 0 Å². The van der Waals surface area contributed by atoms with Crippen LogP contribution in [0.1, 0.15) is 45.4 Å². The third-order valence-corrected chi connectivity index (χ3v) is 13.7. The molecule has 0 unspecified atom stereocenters. The summed E-state index contributed by atoms with van der Waals surface area (Å²) in [5.74, 6) is 0. The van der Waals surface area contributed by atoms with Gasteiger partial charge in [0.1, 0.15) is 0 Å². The van der Waals surface area contributed by atoms with E-state index in [1.165, 1.54) is 115 Å². The van der Waals surface area contributed by atoms with E-state index in [0.29, 0.717) is 0 Å². The number of allylic oxidation sites excluding steroid dienone is 1. The average Bonchev–Trinajstić information content (AvgIpc) is 3.69. The van der Waals surface area contributed by atoms with Crippen molar-refractivity contribution in [3.8, 4) is 55.6 Å². The molecule has 8 aromatic rings. The molecule has 0 saturated carbocycles. The first kappa shape index (κ1) is 29.7. The van der Waals surface area contributed by atoms with Crippen molar-refractivity contribution in [2.45, 2.75) is 35.0 Å². The zero-order valence-corrected chi connectivity index (χ0v) is 30.2. The van der Waals surface area contributed by atoms with Gasteiger partial charge in [-0.1, -0.05) is 163 Å². The minimum Gasteiger partial charge on any atom is -0.0888 e. The Labute approximate surface area is 314 Å². The van der Waals surface area contributed by atoms with Gasteiger partial charge in [-0.3, -0.25) is 0 Å². The molecule has 0 fully saturated rings. The van der Waals surface area contributed by atoms with Crippen molar-refractivity contribution in [1.82, 2.24) is 0 Å². The topological polar surface area (TPSA) is 0 Å². The Morgan fingerprint density at radius 2 is 1.06 bits per heavy atom. The highest BCUT2D eigenvalue weighted by atomic mass is 32.2. The SMILES string of the molecule is Cc1c(-c2ccc(-c3ccc4cccc5c4c3-c3ccccc3S5)c3c2CCC=C3)ccc2c1C1(c3ccccc3-c3ccccc31)c1ccccc1-2. The predicted molar refractivity (Wildman–Crippen MR) is 223 cm³/mol. The second-order valence-electron chi connectivity index (χ2n) is 15.0. The fourth-order valence-electron chi connectivity index (χ4n) is 10.5. The van der Waals surface area contributed by atoms with Crippen LogP contribution in [0.3, 0.4) is 0 Å². The molecule has 0 atom stereocenters. The van der Waals surface area contributed by atoms with Crippen molar-refractivity contribution in [2.24, 2.45) is 0 Å². The van der Waals surface area contributed by atoms with Crippen LogP contribution < -0.4 is 0 Å². The standard InChI is InChI=1S/C52H34S/c1-31-33(27-30-42-40-18-6-10-22-46(40)52(51(31)42)44-20-8-4-16-38(44)39-17-5-9-21-45(39)52)36-28-29-37(35-15-3-2-14-34(35)36)41-26-25-32-13-12-24-48-49(32)50(41)43-19-7-11-23-47(43)53-48/h3-13,15-30H,2,14H2,1H3. The molecule has 248 valence electrons. The van der Waals surface area contributed by atoms with E-state index in [1.54, 1.807) is 0 Å². The fraction of sp³-hybridized carbons (Fsp3) is 0.0769. The van der Waals surface area contributed by atoms with E-state index in [1.807, 2.05) is 11.8 Å². The Hall–Kier alpha value is -5.89. The quantitative estimate of drug-likeness (QED) is 0.174. The van der Waals surface area contributed by atoms with Crippen molar-refractivity contribution < 1.29 is 0 Å². The molecule has 4 aliphatic rings. The van der Waals surface area contributed by atoms with E-state index in [4.69, 9.17) is 0 Å². The van der Waals surface area contributed by atoms with Crippen LogP contribution in [0.5, 0.6) is 0 Å². The van der Waals surface area contributed by atoms with Crippen molar-refractivity contribution >= 4 is 28.6 Å². The van der Waals surface area contributed by atoms with E-state index in [2.05, 4.69) is 171 Å². The summed E-state index contributed by atoms with van der Waals surface area (Å²) in [5, 5.41) is 2.69.